The summed E-state index contributed by atoms with van der Waals surface area (Å²) in [4.78, 5) is 29.0. The monoisotopic (exact) mass is 394 g/mol. The molecule has 0 radical (unpaired) electrons. The first-order valence-electron chi connectivity index (χ1n) is 7.44. The molecule has 0 spiro atoms. The van der Waals surface area contributed by atoms with E-state index in [4.69, 9.17) is 11.6 Å². The number of hydrogen-bond acceptors (Lipinski definition) is 4. The van der Waals surface area contributed by atoms with Gasteiger partial charge in [0.15, 0.2) is 0 Å². The number of aromatic nitrogens is 2. The van der Waals surface area contributed by atoms with Crippen LogP contribution in [0.4, 0.5) is 5.69 Å². The van der Waals surface area contributed by atoms with Gasteiger partial charge in [0, 0.05) is 19.8 Å². The van der Waals surface area contributed by atoms with Crippen molar-refractivity contribution in [3.63, 3.8) is 0 Å². The van der Waals surface area contributed by atoms with Crippen LogP contribution in [0.25, 0.3) is 11.0 Å². The van der Waals surface area contributed by atoms with E-state index >= 15 is 0 Å². The average Bonchev–Trinajstić information content (AvgIpc) is 2.94. The van der Waals surface area contributed by atoms with Crippen molar-refractivity contribution in [1.82, 2.24) is 14.3 Å². The van der Waals surface area contributed by atoms with Gasteiger partial charge in [-0.15, -0.1) is 0 Å². The minimum Gasteiger partial charge on any atom is -0.322 e. The Hall–Kier alpha value is -2.62. The second-order valence-electron chi connectivity index (χ2n) is 5.72. The first-order chi connectivity index (χ1) is 12.2. The predicted octanol–water partition coefficient (Wildman–Crippen LogP) is 2.01. The Morgan fingerprint density at radius 1 is 1.08 bits per heavy atom. The Labute approximate surface area is 153 Å². The van der Waals surface area contributed by atoms with Crippen molar-refractivity contribution in [2.45, 2.75) is 4.90 Å². The molecule has 1 amide bonds. The summed E-state index contributed by atoms with van der Waals surface area (Å²) in [6.45, 7) is 0. The third-order valence-corrected chi connectivity index (χ3v) is 5.88. The summed E-state index contributed by atoms with van der Waals surface area (Å²) in [5.41, 5.74) is 1.23. The summed E-state index contributed by atoms with van der Waals surface area (Å²) in [7, 11) is -0.899. The van der Waals surface area contributed by atoms with Gasteiger partial charge in [0.25, 0.3) is 5.91 Å². The lowest BCUT2D eigenvalue weighted by Gasteiger charge is -2.13. The largest absolute Gasteiger partial charge is 0.323 e. The first kappa shape index (κ1) is 18.2. The molecule has 0 aliphatic heterocycles. The third kappa shape index (κ3) is 3.36. The van der Waals surface area contributed by atoms with Gasteiger partial charge in [0.1, 0.15) is 0 Å². The lowest BCUT2D eigenvalue weighted by atomic mass is 10.2. The van der Waals surface area contributed by atoms with E-state index in [0.29, 0.717) is 16.7 Å². The summed E-state index contributed by atoms with van der Waals surface area (Å²) in [5.74, 6) is -0.567. The summed E-state index contributed by atoms with van der Waals surface area (Å²) >= 11 is 6.06. The van der Waals surface area contributed by atoms with Crippen molar-refractivity contribution >= 4 is 44.3 Å². The van der Waals surface area contributed by atoms with Gasteiger partial charge >= 0.3 is 5.69 Å². The first-order valence-corrected chi connectivity index (χ1v) is 9.26. The van der Waals surface area contributed by atoms with Crippen molar-refractivity contribution < 1.29 is 13.2 Å². The minimum atomic E-state index is -3.70. The number of rotatable bonds is 4. The topological polar surface area (TPSA) is 115 Å². The van der Waals surface area contributed by atoms with Crippen LogP contribution in [0.3, 0.4) is 0 Å². The van der Waals surface area contributed by atoms with E-state index in [9.17, 15) is 18.0 Å². The second kappa shape index (κ2) is 6.60. The number of sulfonamides is 1. The molecule has 0 aliphatic carbocycles. The molecule has 0 saturated heterocycles. The second-order valence-corrected chi connectivity index (χ2v) is 8.28. The summed E-state index contributed by atoms with van der Waals surface area (Å²) in [5, 5.41) is 2.76. The number of anilines is 1. The third-order valence-electron chi connectivity index (χ3n) is 3.73. The van der Waals surface area contributed by atoms with Gasteiger partial charge in [-0.05, 0) is 36.4 Å². The van der Waals surface area contributed by atoms with Crippen LogP contribution in [0.1, 0.15) is 10.4 Å². The van der Waals surface area contributed by atoms with Crippen molar-refractivity contribution in [2.75, 3.05) is 19.4 Å². The Bertz CT molecular complexity index is 1160. The van der Waals surface area contributed by atoms with Gasteiger partial charge in [0.05, 0.1) is 26.5 Å². The highest BCUT2D eigenvalue weighted by Crippen LogP contribution is 2.24. The molecule has 1 aromatic heterocycles. The van der Waals surface area contributed by atoms with E-state index in [1.807, 2.05) is 0 Å². The molecule has 0 fully saturated rings. The molecule has 0 bridgehead atoms. The number of aromatic amines is 2. The molecular weight excluding hydrogens is 380 g/mol. The number of benzene rings is 2. The maximum absolute atomic E-state index is 12.5. The molecule has 3 N–H and O–H groups in total. The number of hydrogen-bond donors (Lipinski definition) is 3. The molecule has 3 rings (SSSR count). The van der Waals surface area contributed by atoms with E-state index in [0.717, 1.165) is 4.31 Å². The van der Waals surface area contributed by atoms with Gasteiger partial charge in [0.2, 0.25) is 10.0 Å². The molecule has 1 heterocycles. The lowest BCUT2D eigenvalue weighted by Crippen LogP contribution is -2.23. The molecule has 0 atom stereocenters. The SMILES string of the molecule is CN(C)S(=O)(=O)c1ccc(Cl)c(C(=O)Nc2ccc3[nH]c(=O)[nH]c3c2)c1. The van der Waals surface area contributed by atoms with Crippen LogP contribution in [0, 0.1) is 0 Å². The molecule has 8 nitrogen and oxygen atoms in total. The van der Waals surface area contributed by atoms with Crippen LogP contribution in [0.5, 0.6) is 0 Å². The van der Waals surface area contributed by atoms with Gasteiger partial charge in [-0.1, -0.05) is 11.6 Å². The number of halogens is 1. The van der Waals surface area contributed by atoms with Gasteiger partial charge < -0.3 is 15.3 Å². The standard InChI is InChI=1S/C16H15ClN4O4S/c1-21(2)26(24,25)10-4-5-12(17)11(8-10)15(22)18-9-3-6-13-14(7-9)20-16(23)19-13/h3-8H,1-2H3,(H,18,22)(H2,19,20,23). The number of carbonyl (C=O) groups is 1. The van der Waals surface area contributed by atoms with Crippen LogP contribution in [0.15, 0.2) is 46.1 Å². The van der Waals surface area contributed by atoms with E-state index in [1.54, 1.807) is 18.2 Å². The van der Waals surface area contributed by atoms with Crippen LogP contribution >= 0.6 is 11.6 Å². The van der Waals surface area contributed by atoms with Crippen LogP contribution in [0.2, 0.25) is 5.02 Å². The summed E-state index contributed by atoms with van der Waals surface area (Å²) in [6.07, 6.45) is 0. The Kier molecular flexibility index (Phi) is 4.61. The smallest absolute Gasteiger partial charge is 0.322 e. The minimum absolute atomic E-state index is 0.0252. The quantitative estimate of drug-likeness (QED) is 0.627. The Morgan fingerprint density at radius 3 is 2.46 bits per heavy atom. The Morgan fingerprint density at radius 2 is 1.77 bits per heavy atom. The predicted molar refractivity (Wildman–Crippen MR) is 99.2 cm³/mol. The molecule has 10 heteroatoms. The fourth-order valence-corrected chi connectivity index (χ4v) is 3.49. The van der Waals surface area contributed by atoms with Gasteiger partial charge in [-0.3, -0.25) is 4.79 Å². The molecule has 136 valence electrons. The zero-order valence-electron chi connectivity index (χ0n) is 13.8. The van der Waals surface area contributed by atoms with Crippen LogP contribution in [-0.2, 0) is 10.0 Å². The van der Waals surface area contributed by atoms with Crippen LogP contribution < -0.4 is 11.0 Å². The molecular formula is C16H15ClN4O4S. The lowest BCUT2D eigenvalue weighted by molar-refractivity contribution is 0.102. The number of carbonyl (C=O) groups excluding carboxylic acids is 1. The normalized spacial score (nSPS) is 11.8. The highest BCUT2D eigenvalue weighted by molar-refractivity contribution is 7.89. The fraction of sp³-hybridized carbons (Fsp3) is 0.125. The van der Waals surface area contributed by atoms with Gasteiger partial charge in [-0.25, -0.2) is 17.5 Å². The van der Waals surface area contributed by atoms with E-state index < -0.39 is 15.9 Å². The van der Waals surface area contributed by atoms with Crippen molar-refractivity contribution in [3.8, 4) is 0 Å². The van der Waals surface area contributed by atoms with Crippen molar-refractivity contribution in [3.05, 3.63) is 57.5 Å². The van der Waals surface area contributed by atoms with Gasteiger partial charge in [-0.2, -0.15) is 0 Å². The Balaban J connectivity index is 1.94. The van der Waals surface area contributed by atoms with Crippen LogP contribution in [-0.4, -0.2) is 42.7 Å². The zero-order chi connectivity index (χ0) is 19.1. The molecule has 0 aliphatic rings. The summed E-state index contributed by atoms with van der Waals surface area (Å²) < 4.78 is 25.5. The maximum atomic E-state index is 12.5. The molecule has 3 aromatic rings. The number of nitrogens with zero attached hydrogens (tertiary/aromatic N) is 1. The highest BCUT2D eigenvalue weighted by Gasteiger charge is 2.21. The summed E-state index contributed by atoms with van der Waals surface area (Å²) in [6, 6.07) is 8.75. The molecule has 2 aromatic carbocycles. The number of imidazole rings is 1. The van der Waals surface area contributed by atoms with E-state index in [1.165, 1.54) is 32.3 Å². The zero-order valence-corrected chi connectivity index (χ0v) is 15.4. The number of H-pyrrole nitrogens is 2. The molecule has 26 heavy (non-hydrogen) atoms. The highest BCUT2D eigenvalue weighted by atomic mass is 35.5. The van der Waals surface area contributed by atoms with Crippen molar-refractivity contribution in [1.29, 1.82) is 0 Å². The number of fused-ring (bicyclic) bond motifs is 1. The average molecular weight is 395 g/mol. The molecule has 0 saturated carbocycles. The maximum Gasteiger partial charge on any atom is 0.323 e. The van der Waals surface area contributed by atoms with Crippen molar-refractivity contribution in [2.24, 2.45) is 0 Å². The fourth-order valence-electron chi connectivity index (χ4n) is 2.36. The molecule has 0 unspecified atom stereocenters. The number of amides is 1. The number of nitrogens with one attached hydrogen (secondary N) is 3. The van der Waals surface area contributed by atoms with E-state index in [2.05, 4.69) is 15.3 Å². The van der Waals surface area contributed by atoms with E-state index in [-0.39, 0.29) is 21.2 Å².